The van der Waals surface area contributed by atoms with E-state index in [1.165, 1.54) is 12.8 Å². The van der Waals surface area contributed by atoms with Gasteiger partial charge in [0.2, 0.25) is 0 Å². The second-order valence-corrected chi connectivity index (χ2v) is 5.56. The van der Waals surface area contributed by atoms with Crippen LogP contribution in [0.3, 0.4) is 0 Å². The second kappa shape index (κ2) is 8.04. The van der Waals surface area contributed by atoms with Crippen LogP contribution in [-0.2, 0) is 6.54 Å². The zero-order valence-corrected chi connectivity index (χ0v) is 11.7. The number of nitrogens with one attached hydrogen (secondary N) is 1. The molecule has 0 saturated carbocycles. The normalized spacial score (nSPS) is 12.9. The van der Waals surface area contributed by atoms with Gasteiger partial charge in [-0.3, -0.25) is 0 Å². The zero-order valence-electron chi connectivity index (χ0n) is 10.1. The molecule has 16 heavy (non-hydrogen) atoms. The van der Waals surface area contributed by atoms with Gasteiger partial charge in [0.25, 0.3) is 0 Å². The van der Waals surface area contributed by atoms with Crippen LogP contribution in [0.25, 0.3) is 0 Å². The maximum atomic E-state index is 5.79. The summed E-state index contributed by atoms with van der Waals surface area (Å²) in [5, 5.41) is 6.74. The van der Waals surface area contributed by atoms with Crippen LogP contribution >= 0.6 is 22.9 Å². The molecule has 0 spiro atoms. The number of hydrogen-bond acceptors (Lipinski definition) is 3. The molecule has 1 aromatic heterocycles. The molecule has 0 aliphatic heterocycles. The van der Waals surface area contributed by atoms with E-state index < -0.39 is 0 Å². The van der Waals surface area contributed by atoms with E-state index in [0.717, 1.165) is 36.1 Å². The summed E-state index contributed by atoms with van der Waals surface area (Å²) in [6.07, 6.45) is 3.60. The van der Waals surface area contributed by atoms with Crippen LogP contribution in [0.1, 0.15) is 36.9 Å². The van der Waals surface area contributed by atoms with Gasteiger partial charge in [-0.25, -0.2) is 4.98 Å². The molecule has 0 fully saturated rings. The molecule has 1 heterocycles. The molecule has 1 rings (SSSR count). The topological polar surface area (TPSA) is 24.9 Å². The lowest BCUT2D eigenvalue weighted by molar-refractivity contribution is 0.429. The standard InChI is InChI=1S/C12H21ClN2S/c1-3-4-11(5-6-13)7-14-8-12-9-16-10(2)15-12/h9,11,14H,3-8H2,1-2H3. The van der Waals surface area contributed by atoms with Crippen molar-refractivity contribution in [2.45, 2.75) is 39.7 Å². The monoisotopic (exact) mass is 260 g/mol. The first-order valence-electron chi connectivity index (χ1n) is 5.94. The van der Waals surface area contributed by atoms with Crippen molar-refractivity contribution in [1.82, 2.24) is 10.3 Å². The number of thiazole rings is 1. The Hall–Kier alpha value is -0.120. The van der Waals surface area contributed by atoms with Crippen LogP contribution in [0.2, 0.25) is 0 Å². The lowest BCUT2D eigenvalue weighted by atomic mass is 10.0. The molecule has 0 aliphatic carbocycles. The third-order valence-electron chi connectivity index (χ3n) is 2.62. The molecular formula is C12H21ClN2S. The quantitative estimate of drug-likeness (QED) is 0.723. The highest BCUT2D eigenvalue weighted by atomic mass is 35.5. The van der Waals surface area contributed by atoms with Gasteiger partial charge in [0, 0.05) is 17.8 Å². The Morgan fingerprint density at radius 1 is 1.50 bits per heavy atom. The molecule has 0 amide bonds. The van der Waals surface area contributed by atoms with Gasteiger partial charge in [-0.1, -0.05) is 13.3 Å². The van der Waals surface area contributed by atoms with E-state index in [-0.39, 0.29) is 0 Å². The van der Waals surface area contributed by atoms with Crippen molar-refractivity contribution in [2.24, 2.45) is 5.92 Å². The van der Waals surface area contributed by atoms with Gasteiger partial charge in [-0.05, 0) is 32.2 Å². The SMILES string of the molecule is CCCC(CCCl)CNCc1csc(C)n1. The van der Waals surface area contributed by atoms with Gasteiger partial charge in [0.05, 0.1) is 10.7 Å². The number of nitrogens with zero attached hydrogens (tertiary/aromatic N) is 1. The highest BCUT2D eigenvalue weighted by Gasteiger charge is 2.06. The summed E-state index contributed by atoms with van der Waals surface area (Å²) in [7, 11) is 0. The summed E-state index contributed by atoms with van der Waals surface area (Å²) in [5.74, 6) is 1.48. The molecule has 0 radical (unpaired) electrons. The summed E-state index contributed by atoms with van der Waals surface area (Å²) in [6, 6.07) is 0. The number of rotatable bonds is 8. The fraction of sp³-hybridized carbons (Fsp3) is 0.750. The van der Waals surface area contributed by atoms with E-state index in [1.807, 2.05) is 6.92 Å². The molecule has 92 valence electrons. The number of aromatic nitrogens is 1. The minimum Gasteiger partial charge on any atom is -0.311 e. The van der Waals surface area contributed by atoms with Gasteiger partial charge in [0.15, 0.2) is 0 Å². The van der Waals surface area contributed by atoms with E-state index in [0.29, 0.717) is 5.92 Å². The Bertz CT molecular complexity index is 282. The van der Waals surface area contributed by atoms with Crippen LogP contribution < -0.4 is 5.32 Å². The molecule has 0 bridgehead atoms. The van der Waals surface area contributed by atoms with Crippen LogP contribution in [0.4, 0.5) is 0 Å². The first-order valence-corrected chi connectivity index (χ1v) is 7.35. The Balaban J connectivity index is 2.21. The molecule has 2 nitrogen and oxygen atoms in total. The van der Waals surface area contributed by atoms with E-state index >= 15 is 0 Å². The van der Waals surface area contributed by atoms with Crippen molar-refractivity contribution >= 4 is 22.9 Å². The van der Waals surface area contributed by atoms with Gasteiger partial charge >= 0.3 is 0 Å². The first kappa shape index (κ1) is 13.9. The fourth-order valence-corrected chi connectivity index (χ4v) is 2.73. The number of hydrogen-bond donors (Lipinski definition) is 1. The first-order chi connectivity index (χ1) is 7.76. The lowest BCUT2D eigenvalue weighted by Gasteiger charge is -2.14. The van der Waals surface area contributed by atoms with E-state index in [2.05, 4.69) is 22.6 Å². The number of halogens is 1. The number of alkyl halides is 1. The maximum Gasteiger partial charge on any atom is 0.0897 e. The molecule has 0 saturated heterocycles. The second-order valence-electron chi connectivity index (χ2n) is 4.12. The molecule has 1 atom stereocenters. The minimum absolute atomic E-state index is 0.710. The lowest BCUT2D eigenvalue weighted by Crippen LogP contribution is -2.23. The molecule has 1 N–H and O–H groups in total. The largest absolute Gasteiger partial charge is 0.311 e. The van der Waals surface area contributed by atoms with Gasteiger partial charge in [-0.2, -0.15) is 0 Å². The van der Waals surface area contributed by atoms with E-state index in [1.54, 1.807) is 11.3 Å². The van der Waals surface area contributed by atoms with Crippen molar-refractivity contribution in [2.75, 3.05) is 12.4 Å². The summed E-state index contributed by atoms with van der Waals surface area (Å²) in [4.78, 5) is 4.43. The van der Waals surface area contributed by atoms with Gasteiger partial charge in [0.1, 0.15) is 0 Å². The fourth-order valence-electron chi connectivity index (χ4n) is 1.80. The van der Waals surface area contributed by atoms with Crippen molar-refractivity contribution in [3.8, 4) is 0 Å². The highest BCUT2D eigenvalue weighted by Crippen LogP contribution is 2.12. The average molecular weight is 261 g/mol. The molecular weight excluding hydrogens is 240 g/mol. The predicted octanol–water partition coefficient (Wildman–Crippen LogP) is 3.59. The van der Waals surface area contributed by atoms with Crippen molar-refractivity contribution in [1.29, 1.82) is 0 Å². The van der Waals surface area contributed by atoms with Crippen LogP contribution in [0, 0.1) is 12.8 Å². The smallest absolute Gasteiger partial charge is 0.0897 e. The van der Waals surface area contributed by atoms with Crippen LogP contribution in [-0.4, -0.2) is 17.4 Å². The molecule has 1 unspecified atom stereocenters. The van der Waals surface area contributed by atoms with Crippen molar-refractivity contribution in [3.63, 3.8) is 0 Å². The Morgan fingerprint density at radius 2 is 2.31 bits per heavy atom. The van der Waals surface area contributed by atoms with Crippen molar-refractivity contribution < 1.29 is 0 Å². The van der Waals surface area contributed by atoms with Crippen molar-refractivity contribution in [3.05, 3.63) is 16.1 Å². The predicted molar refractivity (Wildman–Crippen MR) is 72.3 cm³/mol. The molecule has 0 aliphatic rings. The van der Waals surface area contributed by atoms with Gasteiger partial charge in [-0.15, -0.1) is 22.9 Å². The van der Waals surface area contributed by atoms with Gasteiger partial charge < -0.3 is 5.32 Å². The van der Waals surface area contributed by atoms with E-state index in [4.69, 9.17) is 11.6 Å². The van der Waals surface area contributed by atoms with Crippen LogP contribution in [0.5, 0.6) is 0 Å². The molecule has 0 aromatic carbocycles. The molecule has 4 heteroatoms. The summed E-state index contributed by atoms with van der Waals surface area (Å²) in [6.45, 7) is 6.20. The Kier molecular flexibility index (Phi) is 7.01. The highest BCUT2D eigenvalue weighted by molar-refractivity contribution is 7.09. The minimum atomic E-state index is 0.710. The molecule has 1 aromatic rings. The zero-order chi connectivity index (χ0) is 11.8. The van der Waals surface area contributed by atoms with Crippen LogP contribution in [0.15, 0.2) is 5.38 Å². The summed E-state index contributed by atoms with van der Waals surface area (Å²) in [5.41, 5.74) is 1.16. The third-order valence-corrected chi connectivity index (χ3v) is 3.66. The Labute approximate surface area is 107 Å². The summed E-state index contributed by atoms with van der Waals surface area (Å²) >= 11 is 7.50. The Morgan fingerprint density at radius 3 is 2.88 bits per heavy atom. The third kappa shape index (κ3) is 5.28. The average Bonchev–Trinajstić information content (AvgIpc) is 2.65. The maximum absolute atomic E-state index is 5.79. The van der Waals surface area contributed by atoms with E-state index in [9.17, 15) is 0 Å². The number of aryl methyl sites for hydroxylation is 1. The summed E-state index contributed by atoms with van der Waals surface area (Å²) < 4.78 is 0.